The fourth-order valence-corrected chi connectivity index (χ4v) is 6.27. The van der Waals surface area contributed by atoms with Gasteiger partial charge in [0, 0.05) is 6.92 Å². The number of carbonyl (C=O) groups is 1. The maximum absolute atomic E-state index is 11.5. The highest BCUT2D eigenvalue weighted by atomic mass is 16.5. The average molecular weight is 363 g/mol. The van der Waals surface area contributed by atoms with Gasteiger partial charge in [0.1, 0.15) is 6.10 Å². The minimum absolute atomic E-state index is 0.0632. The molecule has 0 spiro atoms. The van der Waals surface area contributed by atoms with Crippen LogP contribution in [0.4, 0.5) is 0 Å². The molecule has 4 heteroatoms. The molecule has 0 heterocycles. The number of aliphatic hydroxyl groups is 2. The molecule has 0 aliphatic heterocycles. The Kier molecular flexibility index (Phi) is 4.90. The SMILES string of the molecule is C=C1[C@@H](OC(C)=O)CC[C@@]2(C)C[C@H](O)C3=C(C)C[C@H](O)[C@@H](C[C@H]12)C3(C)C. The third kappa shape index (κ3) is 3.05. The molecule has 0 aromatic carbocycles. The minimum Gasteiger partial charge on any atom is -0.458 e. The van der Waals surface area contributed by atoms with E-state index < -0.39 is 12.2 Å². The van der Waals surface area contributed by atoms with Crippen molar-refractivity contribution in [2.45, 2.75) is 85.0 Å². The Balaban J connectivity index is 2.02. The molecule has 3 aliphatic carbocycles. The molecule has 2 saturated carbocycles. The zero-order valence-electron chi connectivity index (χ0n) is 16.8. The maximum atomic E-state index is 11.5. The third-order valence-electron chi connectivity index (χ3n) is 7.53. The van der Waals surface area contributed by atoms with Gasteiger partial charge in [-0.25, -0.2) is 0 Å². The lowest BCUT2D eigenvalue weighted by Gasteiger charge is -2.55. The summed E-state index contributed by atoms with van der Waals surface area (Å²) >= 11 is 0. The van der Waals surface area contributed by atoms with Crippen molar-refractivity contribution in [2.75, 3.05) is 0 Å². The van der Waals surface area contributed by atoms with Crippen LogP contribution >= 0.6 is 0 Å². The van der Waals surface area contributed by atoms with E-state index in [2.05, 4.69) is 34.3 Å². The topological polar surface area (TPSA) is 66.8 Å². The molecule has 3 rings (SSSR count). The van der Waals surface area contributed by atoms with Crippen molar-refractivity contribution >= 4 is 5.97 Å². The van der Waals surface area contributed by atoms with Gasteiger partial charge in [-0.2, -0.15) is 0 Å². The second kappa shape index (κ2) is 6.49. The molecule has 26 heavy (non-hydrogen) atoms. The maximum Gasteiger partial charge on any atom is 0.303 e. The van der Waals surface area contributed by atoms with Crippen LogP contribution < -0.4 is 0 Å². The number of aliphatic hydroxyl groups excluding tert-OH is 2. The molecule has 2 bridgehead atoms. The molecule has 0 aromatic heterocycles. The summed E-state index contributed by atoms with van der Waals surface area (Å²) in [5.41, 5.74) is 2.88. The normalized spacial score (nSPS) is 42.6. The van der Waals surface area contributed by atoms with Crippen LogP contribution in [0.5, 0.6) is 0 Å². The summed E-state index contributed by atoms with van der Waals surface area (Å²) in [4.78, 5) is 11.5. The third-order valence-corrected chi connectivity index (χ3v) is 7.53. The zero-order valence-corrected chi connectivity index (χ0v) is 16.8. The van der Waals surface area contributed by atoms with Gasteiger partial charge in [-0.15, -0.1) is 0 Å². The Morgan fingerprint density at radius 3 is 2.54 bits per heavy atom. The van der Waals surface area contributed by atoms with Crippen molar-refractivity contribution in [1.29, 1.82) is 0 Å². The lowest BCUT2D eigenvalue weighted by Crippen LogP contribution is -2.51. The highest BCUT2D eigenvalue weighted by molar-refractivity contribution is 5.66. The molecule has 6 atom stereocenters. The first-order chi connectivity index (χ1) is 12.0. The highest BCUT2D eigenvalue weighted by Gasteiger charge is 2.53. The first-order valence-corrected chi connectivity index (χ1v) is 9.89. The largest absolute Gasteiger partial charge is 0.458 e. The lowest BCUT2D eigenvalue weighted by molar-refractivity contribution is -0.147. The monoisotopic (exact) mass is 362 g/mol. The van der Waals surface area contributed by atoms with Crippen LogP contribution in [0.15, 0.2) is 23.3 Å². The molecule has 3 aliphatic rings. The van der Waals surface area contributed by atoms with Crippen LogP contribution in [0, 0.1) is 22.7 Å². The molecule has 146 valence electrons. The fraction of sp³-hybridized carbons (Fsp3) is 0.773. The lowest BCUT2D eigenvalue weighted by atomic mass is 9.51. The van der Waals surface area contributed by atoms with Gasteiger partial charge in [-0.3, -0.25) is 4.79 Å². The van der Waals surface area contributed by atoms with Gasteiger partial charge in [0.15, 0.2) is 0 Å². The van der Waals surface area contributed by atoms with Crippen molar-refractivity contribution in [2.24, 2.45) is 22.7 Å². The second-order valence-electron chi connectivity index (χ2n) is 9.67. The molecule has 0 radical (unpaired) electrons. The quantitative estimate of drug-likeness (QED) is 0.550. The van der Waals surface area contributed by atoms with Crippen LogP contribution in [-0.4, -0.2) is 34.5 Å². The molecule has 2 fully saturated rings. The summed E-state index contributed by atoms with van der Waals surface area (Å²) in [5, 5.41) is 22.0. The van der Waals surface area contributed by atoms with Gasteiger partial charge >= 0.3 is 5.97 Å². The van der Waals surface area contributed by atoms with E-state index in [1.165, 1.54) is 6.92 Å². The zero-order chi connectivity index (χ0) is 19.4. The van der Waals surface area contributed by atoms with E-state index in [9.17, 15) is 15.0 Å². The van der Waals surface area contributed by atoms with Crippen molar-refractivity contribution in [1.82, 2.24) is 0 Å². The van der Waals surface area contributed by atoms with Crippen molar-refractivity contribution < 1.29 is 19.7 Å². The highest BCUT2D eigenvalue weighted by Crippen LogP contribution is 2.58. The Hall–Kier alpha value is -1.13. The molecule has 0 saturated heterocycles. The van der Waals surface area contributed by atoms with E-state index in [1.807, 2.05) is 0 Å². The van der Waals surface area contributed by atoms with Crippen LogP contribution in [0.2, 0.25) is 0 Å². The molecule has 2 N–H and O–H groups in total. The summed E-state index contributed by atoms with van der Waals surface area (Å²) in [7, 11) is 0. The molecular formula is C22H34O4. The van der Waals surface area contributed by atoms with E-state index in [0.717, 1.165) is 36.0 Å². The van der Waals surface area contributed by atoms with Gasteiger partial charge in [0.25, 0.3) is 0 Å². The Morgan fingerprint density at radius 1 is 1.27 bits per heavy atom. The van der Waals surface area contributed by atoms with E-state index in [0.29, 0.717) is 12.8 Å². The molecule has 0 amide bonds. The average Bonchev–Trinajstić information content (AvgIpc) is 2.47. The fourth-order valence-electron chi connectivity index (χ4n) is 6.27. The van der Waals surface area contributed by atoms with Gasteiger partial charge in [-0.05, 0) is 72.8 Å². The van der Waals surface area contributed by atoms with Gasteiger partial charge < -0.3 is 14.9 Å². The van der Waals surface area contributed by atoms with Crippen molar-refractivity contribution in [3.05, 3.63) is 23.3 Å². The van der Waals surface area contributed by atoms with Gasteiger partial charge in [-0.1, -0.05) is 32.9 Å². The van der Waals surface area contributed by atoms with E-state index in [4.69, 9.17) is 4.74 Å². The predicted molar refractivity (Wildman–Crippen MR) is 101 cm³/mol. The summed E-state index contributed by atoms with van der Waals surface area (Å²) in [6.07, 6.45) is 2.64. The summed E-state index contributed by atoms with van der Waals surface area (Å²) < 4.78 is 5.52. The van der Waals surface area contributed by atoms with Crippen LogP contribution in [-0.2, 0) is 9.53 Å². The molecule has 0 aromatic rings. The molecule has 4 nitrogen and oxygen atoms in total. The number of ether oxygens (including phenoxy) is 1. The van der Waals surface area contributed by atoms with E-state index >= 15 is 0 Å². The van der Waals surface area contributed by atoms with E-state index in [-0.39, 0.29) is 34.7 Å². The number of carbonyl (C=O) groups excluding carboxylic acids is 1. The first kappa shape index (κ1) is 19.6. The number of hydrogen-bond donors (Lipinski definition) is 2. The Morgan fingerprint density at radius 2 is 1.92 bits per heavy atom. The minimum atomic E-state index is -0.495. The van der Waals surface area contributed by atoms with E-state index in [1.54, 1.807) is 0 Å². The number of esters is 1. The molecule has 0 unspecified atom stereocenters. The van der Waals surface area contributed by atoms with Crippen molar-refractivity contribution in [3.63, 3.8) is 0 Å². The smallest absolute Gasteiger partial charge is 0.303 e. The summed E-state index contributed by atoms with van der Waals surface area (Å²) in [6, 6.07) is 0. The van der Waals surface area contributed by atoms with Crippen molar-refractivity contribution in [3.8, 4) is 0 Å². The summed E-state index contributed by atoms with van der Waals surface area (Å²) in [5.74, 6) is -0.0769. The van der Waals surface area contributed by atoms with Crippen LogP contribution in [0.1, 0.15) is 66.7 Å². The van der Waals surface area contributed by atoms with Crippen LogP contribution in [0.25, 0.3) is 0 Å². The summed E-state index contributed by atoms with van der Waals surface area (Å²) in [6.45, 7) is 14.3. The second-order valence-corrected chi connectivity index (χ2v) is 9.67. The molecular weight excluding hydrogens is 328 g/mol. The number of fused-ring (bicyclic) bond motifs is 3. The Bertz CT molecular complexity index is 647. The number of rotatable bonds is 1. The standard InChI is InChI=1S/C22H34O4/c1-12-9-17(24)16-10-15-13(2)19(26-14(3)23)7-8-22(15,6)11-18(25)20(12)21(16,4)5/h15-19,24-25H,2,7-11H2,1,3-6H3/t15-,16-,17+,18+,19+,22+/m1/s1. The Labute approximate surface area is 157 Å². The predicted octanol–water partition coefficient (Wildman–Crippen LogP) is 3.77. The number of hydrogen-bond acceptors (Lipinski definition) is 4. The van der Waals surface area contributed by atoms with Gasteiger partial charge in [0.2, 0.25) is 0 Å². The first-order valence-electron chi connectivity index (χ1n) is 9.89. The van der Waals surface area contributed by atoms with Gasteiger partial charge in [0.05, 0.1) is 12.2 Å². The van der Waals surface area contributed by atoms with Crippen LogP contribution in [0.3, 0.4) is 0 Å².